The molecule has 1 aliphatic heterocycles. The van der Waals surface area contributed by atoms with Gasteiger partial charge in [0.15, 0.2) is 11.6 Å². The Labute approximate surface area is 213 Å². The summed E-state index contributed by atoms with van der Waals surface area (Å²) in [5.41, 5.74) is 2.37. The largest absolute Gasteiger partial charge is 0.308 e. The number of anilines is 1. The first kappa shape index (κ1) is 23.9. The molecule has 0 radical (unpaired) electrons. The van der Waals surface area contributed by atoms with E-state index in [1.807, 2.05) is 51.1 Å². The zero-order chi connectivity index (χ0) is 26.3. The van der Waals surface area contributed by atoms with Gasteiger partial charge in [0, 0.05) is 5.39 Å². The Morgan fingerprint density at radius 2 is 1.73 bits per heavy atom. The predicted octanol–water partition coefficient (Wildman–Crippen LogP) is 4.25. The molecular weight excluding hydrogens is 468 g/mol. The van der Waals surface area contributed by atoms with Crippen molar-refractivity contribution in [2.75, 3.05) is 5.32 Å². The molecular formula is C28H24N6O3. The number of carbonyl (C=O) groups is 3. The second-order valence-electron chi connectivity index (χ2n) is 9.09. The van der Waals surface area contributed by atoms with Crippen LogP contribution in [0.25, 0.3) is 16.7 Å². The molecule has 5 rings (SSSR count). The standard InChI is InChI=1S/C28H24N6O3/c1-4-16(2)24(33-27(36)20-10-5-6-11-21(20)28(33)37)26(35)32-25-18(14-29)15-30-34(25)23-13-17(3)19-9-7-8-12-22(19)31-23/h5-13,15-16,24H,4H2,1-3H3,(H,32,35). The summed E-state index contributed by atoms with van der Waals surface area (Å²) >= 11 is 0. The number of aryl methyl sites for hydroxylation is 1. The van der Waals surface area contributed by atoms with E-state index in [9.17, 15) is 19.6 Å². The summed E-state index contributed by atoms with van der Waals surface area (Å²) in [7, 11) is 0. The van der Waals surface area contributed by atoms with Crippen molar-refractivity contribution < 1.29 is 14.4 Å². The number of hydrogen-bond acceptors (Lipinski definition) is 6. The molecule has 3 heterocycles. The average molecular weight is 493 g/mol. The van der Waals surface area contributed by atoms with Crippen LogP contribution in [0, 0.1) is 24.2 Å². The van der Waals surface area contributed by atoms with Gasteiger partial charge >= 0.3 is 0 Å². The van der Waals surface area contributed by atoms with E-state index in [2.05, 4.69) is 21.5 Å². The Balaban J connectivity index is 1.55. The number of pyridine rings is 1. The molecule has 1 aliphatic rings. The summed E-state index contributed by atoms with van der Waals surface area (Å²) < 4.78 is 1.39. The van der Waals surface area contributed by atoms with Crippen molar-refractivity contribution in [3.63, 3.8) is 0 Å². The molecule has 4 aromatic rings. The summed E-state index contributed by atoms with van der Waals surface area (Å²) in [4.78, 5) is 45.8. The molecule has 0 saturated carbocycles. The number of imide groups is 1. The molecule has 2 unspecified atom stereocenters. The molecule has 2 atom stereocenters. The number of hydrogen-bond donors (Lipinski definition) is 1. The van der Waals surface area contributed by atoms with Crippen LogP contribution in [0.2, 0.25) is 0 Å². The highest BCUT2D eigenvalue weighted by Gasteiger charge is 2.44. The number of rotatable bonds is 6. The molecule has 184 valence electrons. The normalized spacial score (nSPS) is 14.4. The number of nitrogens with one attached hydrogen (secondary N) is 1. The van der Waals surface area contributed by atoms with Crippen LogP contribution in [0.15, 0.2) is 60.8 Å². The number of para-hydroxylation sites is 1. The molecule has 9 nitrogen and oxygen atoms in total. The summed E-state index contributed by atoms with van der Waals surface area (Å²) in [5, 5.41) is 17.8. The van der Waals surface area contributed by atoms with Crippen LogP contribution in [0.4, 0.5) is 5.82 Å². The number of nitriles is 1. The Morgan fingerprint density at radius 3 is 2.38 bits per heavy atom. The number of fused-ring (bicyclic) bond motifs is 2. The highest BCUT2D eigenvalue weighted by atomic mass is 16.2. The van der Waals surface area contributed by atoms with Gasteiger partial charge in [0.05, 0.1) is 22.8 Å². The van der Waals surface area contributed by atoms with Gasteiger partial charge in [0.2, 0.25) is 5.91 Å². The quantitative estimate of drug-likeness (QED) is 0.402. The molecule has 0 bridgehead atoms. The fraction of sp³-hybridized carbons (Fsp3) is 0.214. The Bertz CT molecular complexity index is 1580. The molecule has 2 aromatic heterocycles. The highest BCUT2D eigenvalue weighted by molar-refractivity contribution is 6.23. The SMILES string of the molecule is CCC(C)C(C(=O)Nc1c(C#N)cnn1-c1cc(C)c2ccccc2n1)N1C(=O)c2ccccc2C1=O. The molecule has 0 fully saturated rings. The first-order chi connectivity index (χ1) is 17.8. The van der Waals surface area contributed by atoms with Gasteiger partial charge in [-0.25, -0.2) is 4.98 Å². The second kappa shape index (κ2) is 9.32. The lowest BCUT2D eigenvalue weighted by Gasteiger charge is -2.29. The monoisotopic (exact) mass is 492 g/mol. The van der Waals surface area contributed by atoms with E-state index in [0.29, 0.717) is 12.2 Å². The van der Waals surface area contributed by atoms with E-state index in [0.717, 1.165) is 21.4 Å². The summed E-state index contributed by atoms with van der Waals surface area (Å²) in [6, 6.07) is 17.0. The molecule has 0 spiro atoms. The van der Waals surface area contributed by atoms with E-state index in [-0.39, 0.29) is 28.4 Å². The maximum Gasteiger partial charge on any atom is 0.262 e. The van der Waals surface area contributed by atoms with Gasteiger partial charge in [-0.3, -0.25) is 19.3 Å². The van der Waals surface area contributed by atoms with Crippen LogP contribution in [0.3, 0.4) is 0 Å². The van der Waals surface area contributed by atoms with Gasteiger partial charge in [0.25, 0.3) is 11.8 Å². The highest BCUT2D eigenvalue weighted by Crippen LogP contribution is 2.30. The number of benzene rings is 2. The van der Waals surface area contributed by atoms with E-state index in [4.69, 9.17) is 0 Å². The maximum absolute atomic E-state index is 13.7. The van der Waals surface area contributed by atoms with Crippen LogP contribution < -0.4 is 5.32 Å². The second-order valence-corrected chi connectivity index (χ2v) is 9.09. The van der Waals surface area contributed by atoms with E-state index >= 15 is 0 Å². The van der Waals surface area contributed by atoms with E-state index in [1.165, 1.54) is 10.9 Å². The lowest BCUT2D eigenvalue weighted by atomic mass is 9.96. The molecule has 1 N–H and O–H groups in total. The zero-order valence-electron chi connectivity index (χ0n) is 20.6. The van der Waals surface area contributed by atoms with Crippen LogP contribution in [0.5, 0.6) is 0 Å². The van der Waals surface area contributed by atoms with Gasteiger partial charge in [0.1, 0.15) is 17.7 Å². The topological polar surface area (TPSA) is 121 Å². The van der Waals surface area contributed by atoms with Gasteiger partial charge in [-0.2, -0.15) is 15.0 Å². The number of nitrogens with zero attached hydrogens (tertiary/aromatic N) is 5. The lowest BCUT2D eigenvalue weighted by Crippen LogP contribution is -2.50. The van der Waals surface area contributed by atoms with Crippen molar-refractivity contribution in [3.8, 4) is 11.9 Å². The summed E-state index contributed by atoms with van der Waals surface area (Å²) in [6.07, 6.45) is 1.89. The van der Waals surface area contributed by atoms with Crippen molar-refractivity contribution in [1.82, 2.24) is 19.7 Å². The van der Waals surface area contributed by atoms with Crippen LogP contribution in [0.1, 0.15) is 52.1 Å². The van der Waals surface area contributed by atoms with Crippen molar-refractivity contribution in [1.29, 1.82) is 5.26 Å². The molecule has 0 saturated heterocycles. The number of carbonyl (C=O) groups excluding carboxylic acids is 3. The Kier molecular flexibility index (Phi) is 6.01. The average Bonchev–Trinajstić information content (AvgIpc) is 3.42. The molecule has 9 heteroatoms. The minimum atomic E-state index is -1.08. The van der Waals surface area contributed by atoms with Gasteiger partial charge in [-0.05, 0) is 42.7 Å². The first-order valence-corrected chi connectivity index (χ1v) is 12.0. The third-order valence-corrected chi connectivity index (χ3v) is 6.81. The smallest absolute Gasteiger partial charge is 0.262 e. The van der Waals surface area contributed by atoms with Crippen molar-refractivity contribution in [2.45, 2.75) is 33.2 Å². The number of aromatic nitrogens is 3. The summed E-state index contributed by atoms with van der Waals surface area (Å²) in [6.45, 7) is 5.64. The Hall–Kier alpha value is -4.84. The fourth-order valence-electron chi connectivity index (χ4n) is 4.67. The molecule has 37 heavy (non-hydrogen) atoms. The minimum absolute atomic E-state index is 0.125. The lowest BCUT2D eigenvalue weighted by molar-refractivity contribution is -0.121. The zero-order valence-corrected chi connectivity index (χ0v) is 20.6. The minimum Gasteiger partial charge on any atom is -0.308 e. The molecule has 3 amide bonds. The van der Waals surface area contributed by atoms with Gasteiger partial charge < -0.3 is 5.32 Å². The predicted molar refractivity (Wildman–Crippen MR) is 137 cm³/mol. The summed E-state index contributed by atoms with van der Waals surface area (Å²) in [5.74, 6) is -1.40. The van der Waals surface area contributed by atoms with Crippen LogP contribution >= 0.6 is 0 Å². The van der Waals surface area contributed by atoms with Gasteiger partial charge in [-0.15, -0.1) is 0 Å². The molecule has 0 aliphatic carbocycles. The van der Waals surface area contributed by atoms with Crippen molar-refractivity contribution >= 4 is 34.4 Å². The third-order valence-electron chi connectivity index (χ3n) is 6.81. The molecule has 2 aromatic carbocycles. The first-order valence-electron chi connectivity index (χ1n) is 12.0. The van der Waals surface area contributed by atoms with Crippen LogP contribution in [-0.4, -0.2) is 43.4 Å². The third kappa shape index (κ3) is 3.93. The van der Waals surface area contributed by atoms with Gasteiger partial charge in [-0.1, -0.05) is 50.6 Å². The maximum atomic E-state index is 13.7. The van der Waals surface area contributed by atoms with E-state index in [1.54, 1.807) is 24.3 Å². The Morgan fingerprint density at radius 1 is 1.08 bits per heavy atom. The van der Waals surface area contributed by atoms with Crippen LogP contribution in [-0.2, 0) is 4.79 Å². The number of amides is 3. The fourth-order valence-corrected chi connectivity index (χ4v) is 4.67. The van der Waals surface area contributed by atoms with Crippen molar-refractivity contribution in [2.24, 2.45) is 5.92 Å². The van der Waals surface area contributed by atoms with Crippen molar-refractivity contribution in [3.05, 3.63) is 83.0 Å². The van der Waals surface area contributed by atoms with E-state index < -0.39 is 23.8 Å².